The number of nitrogens with zero attached hydrogens (tertiary/aromatic N) is 3. The van der Waals surface area contributed by atoms with Crippen LogP contribution in [-0.4, -0.2) is 20.1 Å². The molecular weight excluding hydrogens is 879 g/mol. The van der Waals surface area contributed by atoms with Crippen molar-refractivity contribution in [1.82, 2.24) is 0 Å². The molecule has 72 heavy (non-hydrogen) atoms. The summed E-state index contributed by atoms with van der Waals surface area (Å²) in [7, 11) is 0. The van der Waals surface area contributed by atoms with Crippen LogP contribution in [0.2, 0.25) is 0 Å². The first-order chi connectivity index (χ1) is 35.4. The molecule has 0 saturated carbocycles. The van der Waals surface area contributed by atoms with Gasteiger partial charge in [-0.25, -0.2) is 0 Å². The lowest BCUT2D eigenvalue weighted by Gasteiger charge is -2.46. The molecule has 9 heteroatoms. The van der Waals surface area contributed by atoms with Crippen LogP contribution in [0, 0.1) is 20.8 Å². The van der Waals surface area contributed by atoms with Crippen LogP contribution in [0.1, 0.15) is 16.7 Å². The van der Waals surface area contributed by atoms with E-state index in [-0.39, 0.29) is 20.1 Å². The zero-order chi connectivity index (χ0) is 47.5. The maximum Gasteiger partial charge on any atom is 0.260 e. The molecule has 0 aromatic heterocycles. The molecule has 0 atom stereocenters. The Hall–Kier alpha value is -8.81. The van der Waals surface area contributed by atoms with E-state index in [1.165, 1.54) is 44.0 Å². The number of benzene rings is 10. The molecule has 0 N–H and O–H groups in total. The van der Waals surface area contributed by atoms with Gasteiger partial charge in [-0.15, -0.1) is 0 Å². The van der Waals surface area contributed by atoms with E-state index in [0.29, 0.717) is 0 Å². The van der Waals surface area contributed by atoms with E-state index in [0.717, 1.165) is 108 Å². The molecule has 0 saturated heterocycles. The van der Waals surface area contributed by atoms with Gasteiger partial charge >= 0.3 is 0 Å². The molecule has 6 aliphatic heterocycles. The summed E-state index contributed by atoms with van der Waals surface area (Å²) in [6, 6.07) is 73.5. The second-order valence-electron chi connectivity index (χ2n) is 20.2. The van der Waals surface area contributed by atoms with Gasteiger partial charge < -0.3 is 28.9 Å². The molecule has 0 fully saturated rings. The fraction of sp³-hybridized carbons (Fsp3) is 0.0476. The van der Waals surface area contributed by atoms with E-state index in [1.807, 2.05) is 0 Å². The van der Waals surface area contributed by atoms with E-state index < -0.39 is 0 Å². The van der Waals surface area contributed by atoms with Gasteiger partial charge in [0.25, 0.3) is 20.1 Å². The van der Waals surface area contributed by atoms with Crippen LogP contribution < -0.4 is 78.1 Å². The Kier molecular flexibility index (Phi) is 8.12. The van der Waals surface area contributed by atoms with Gasteiger partial charge in [0.1, 0.15) is 34.5 Å². The number of fused-ring (bicyclic) bond motifs is 12. The van der Waals surface area contributed by atoms with Crippen LogP contribution in [0.25, 0.3) is 0 Å². The van der Waals surface area contributed by atoms with Gasteiger partial charge in [0, 0.05) is 62.7 Å². The highest BCUT2D eigenvalue weighted by Gasteiger charge is 2.49. The van der Waals surface area contributed by atoms with Gasteiger partial charge in [-0.05, 0) is 172 Å². The molecule has 0 amide bonds. The van der Waals surface area contributed by atoms with Crippen molar-refractivity contribution >= 4 is 120 Å². The first-order valence-electron chi connectivity index (χ1n) is 25.0. The van der Waals surface area contributed by atoms with E-state index in [4.69, 9.17) is 14.2 Å². The average molecular weight is 921 g/mol. The zero-order valence-electron chi connectivity index (χ0n) is 39.9. The molecule has 0 bridgehead atoms. The standard InChI is InChI=1S/C63H42B3N3O3/c1-37-27-52-61-53(28-37)69(42-21-11-6-12-22-42)51-36-57-48(65-44-24-14-16-26-56(44)71-59-31-39(3)32-60(72-57)63(59)65)34-47(51)66(61)46-33-45-49(35-50(46)67(52)40-17-7-4-8-18-40)68(41-19-9-5-10-20-41)54-29-38(2)30-58-62(54)64(45)43-23-13-15-25-55(43)70-58/h4-36H,1-3H3. The molecule has 10 aromatic carbocycles. The third kappa shape index (κ3) is 5.48. The van der Waals surface area contributed by atoms with Crippen LogP contribution in [0.3, 0.4) is 0 Å². The largest absolute Gasteiger partial charge is 0.458 e. The fourth-order valence-corrected chi connectivity index (χ4v) is 13.1. The first kappa shape index (κ1) is 40.0. The van der Waals surface area contributed by atoms with E-state index >= 15 is 0 Å². The molecule has 0 spiro atoms. The zero-order valence-corrected chi connectivity index (χ0v) is 39.9. The van der Waals surface area contributed by atoms with Gasteiger partial charge in [-0.2, -0.15) is 0 Å². The van der Waals surface area contributed by atoms with Gasteiger partial charge in [0.15, 0.2) is 0 Å². The lowest BCUT2D eigenvalue weighted by molar-refractivity contribution is 0.464. The topological polar surface area (TPSA) is 37.4 Å². The summed E-state index contributed by atoms with van der Waals surface area (Å²) in [6.07, 6.45) is 0. The van der Waals surface area contributed by atoms with Crippen LogP contribution in [-0.2, 0) is 0 Å². The van der Waals surface area contributed by atoms with Crippen LogP contribution in [0.4, 0.5) is 51.2 Å². The Morgan fingerprint density at radius 3 is 1.14 bits per heavy atom. The van der Waals surface area contributed by atoms with E-state index in [2.05, 4.69) is 236 Å². The minimum Gasteiger partial charge on any atom is -0.458 e. The Balaban J connectivity index is 1.03. The third-order valence-corrected chi connectivity index (χ3v) is 15.8. The SMILES string of the molecule is Cc1cc2c3c(c1)Oc1cc4c(cc1B3c1ccccc1O2)B1c2cc3c(cc2N(c2ccccc2)c2cc(C)cc(c21)N4c1ccccc1)N(c1ccccc1)c1cc(C)cc2c1B3c1ccccc1O2. The highest BCUT2D eigenvalue weighted by atomic mass is 16.5. The van der Waals surface area contributed by atoms with Crippen molar-refractivity contribution in [2.24, 2.45) is 0 Å². The summed E-state index contributed by atoms with van der Waals surface area (Å²) < 4.78 is 20.8. The second-order valence-corrected chi connectivity index (χ2v) is 20.2. The van der Waals surface area contributed by atoms with Crippen molar-refractivity contribution in [3.8, 4) is 34.5 Å². The normalized spacial score (nSPS) is 14.2. The summed E-state index contributed by atoms with van der Waals surface area (Å²) in [6.45, 7) is 6.19. The Morgan fingerprint density at radius 2 is 0.625 bits per heavy atom. The number of hydrogen-bond acceptors (Lipinski definition) is 6. The molecule has 0 radical (unpaired) electrons. The first-order valence-corrected chi connectivity index (χ1v) is 25.0. The minimum absolute atomic E-state index is 0.0807. The fourth-order valence-electron chi connectivity index (χ4n) is 13.1. The molecule has 6 nitrogen and oxygen atoms in total. The van der Waals surface area contributed by atoms with Crippen molar-refractivity contribution in [2.45, 2.75) is 20.8 Å². The summed E-state index contributed by atoms with van der Waals surface area (Å²) in [5.41, 5.74) is 24.3. The van der Waals surface area contributed by atoms with Crippen molar-refractivity contribution in [1.29, 1.82) is 0 Å². The van der Waals surface area contributed by atoms with Gasteiger partial charge in [0.2, 0.25) is 0 Å². The Labute approximate surface area is 419 Å². The van der Waals surface area contributed by atoms with Crippen LogP contribution in [0.5, 0.6) is 34.5 Å². The van der Waals surface area contributed by atoms with Crippen molar-refractivity contribution in [3.63, 3.8) is 0 Å². The smallest absolute Gasteiger partial charge is 0.260 e. The number of para-hydroxylation sites is 5. The molecule has 10 aromatic rings. The lowest BCUT2D eigenvalue weighted by atomic mass is 9.29. The number of aryl methyl sites for hydroxylation is 3. The Bertz CT molecular complexity index is 4000. The number of ether oxygens (including phenoxy) is 3. The van der Waals surface area contributed by atoms with Crippen molar-refractivity contribution in [3.05, 3.63) is 217 Å². The van der Waals surface area contributed by atoms with E-state index in [9.17, 15) is 0 Å². The predicted octanol–water partition coefficient (Wildman–Crippen LogP) is 9.83. The maximum absolute atomic E-state index is 7.15. The summed E-state index contributed by atoms with van der Waals surface area (Å²) >= 11 is 0. The van der Waals surface area contributed by atoms with Crippen molar-refractivity contribution < 1.29 is 14.2 Å². The number of hydrogen-bond donors (Lipinski definition) is 0. The van der Waals surface area contributed by atoms with E-state index in [1.54, 1.807) is 0 Å². The third-order valence-electron chi connectivity index (χ3n) is 15.8. The highest BCUT2D eigenvalue weighted by Crippen LogP contribution is 2.49. The van der Waals surface area contributed by atoms with Crippen molar-refractivity contribution in [2.75, 3.05) is 14.7 Å². The minimum atomic E-state index is -0.163. The predicted molar refractivity (Wildman–Crippen MR) is 298 cm³/mol. The highest BCUT2D eigenvalue weighted by molar-refractivity contribution is 7.03. The van der Waals surface area contributed by atoms with Crippen LogP contribution >= 0.6 is 0 Å². The summed E-state index contributed by atoms with van der Waals surface area (Å²) in [5.74, 6) is 5.26. The molecule has 16 rings (SSSR count). The maximum atomic E-state index is 7.15. The molecule has 0 aliphatic carbocycles. The average Bonchev–Trinajstić information content (AvgIpc) is 3.41. The molecular formula is C63H42B3N3O3. The van der Waals surface area contributed by atoms with Gasteiger partial charge in [0.05, 0.1) is 0 Å². The summed E-state index contributed by atoms with van der Waals surface area (Å²) in [4.78, 5) is 7.50. The molecule has 336 valence electrons. The lowest BCUT2D eigenvalue weighted by Crippen LogP contribution is -2.65. The quantitative estimate of drug-likeness (QED) is 0.165. The van der Waals surface area contributed by atoms with Gasteiger partial charge in [-0.3, -0.25) is 0 Å². The summed E-state index contributed by atoms with van der Waals surface area (Å²) in [5, 5.41) is 0. The van der Waals surface area contributed by atoms with Crippen LogP contribution in [0.15, 0.2) is 200 Å². The monoisotopic (exact) mass is 921 g/mol. The number of anilines is 9. The Morgan fingerprint density at radius 1 is 0.264 bits per heavy atom. The number of rotatable bonds is 3. The molecule has 6 heterocycles. The van der Waals surface area contributed by atoms with Gasteiger partial charge in [-0.1, -0.05) is 103 Å². The molecule has 0 unspecified atom stereocenters. The molecule has 6 aliphatic rings. The second kappa shape index (κ2) is 14.6.